The molecule has 1 aromatic rings. The van der Waals surface area contributed by atoms with Gasteiger partial charge >= 0.3 is 0 Å². The molecule has 2 aliphatic heterocycles. The Kier molecular flexibility index (Phi) is 4.65. The van der Waals surface area contributed by atoms with Crippen LogP contribution in [0.15, 0.2) is 23.2 Å². The number of rotatable bonds is 3. The van der Waals surface area contributed by atoms with Gasteiger partial charge < -0.3 is 15.2 Å². The molecule has 164 valence electrons. The number of guanidine groups is 1. The molecule has 2 aliphatic carbocycles. The number of nitrogens with zero attached hydrogens (tertiary/aromatic N) is 3. The average Bonchev–Trinajstić information content (AvgIpc) is 3.10. The molecule has 1 saturated heterocycles. The van der Waals surface area contributed by atoms with Crippen LogP contribution in [0.5, 0.6) is 0 Å². The second kappa shape index (κ2) is 7.04. The summed E-state index contributed by atoms with van der Waals surface area (Å²) in [5, 5.41) is 9.54. The van der Waals surface area contributed by atoms with E-state index in [0.717, 1.165) is 43.4 Å². The number of methoxy groups -OCH3 is 1. The minimum Gasteiger partial charge on any atom is -0.381 e. The maximum absolute atomic E-state index is 14.2. The molecule has 7 nitrogen and oxygen atoms in total. The Morgan fingerprint density at radius 3 is 2.65 bits per heavy atom. The van der Waals surface area contributed by atoms with Crippen molar-refractivity contribution in [1.29, 1.82) is 5.26 Å². The predicted molar refractivity (Wildman–Crippen MR) is 115 cm³/mol. The molecule has 2 fully saturated rings. The van der Waals surface area contributed by atoms with Gasteiger partial charge in [0, 0.05) is 19.1 Å². The van der Waals surface area contributed by atoms with E-state index < -0.39 is 5.54 Å². The zero-order valence-electron chi connectivity index (χ0n) is 18.4. The van der Waals surface area contributed by atoms with Crippen LogP contribution >= 0.6 is 0 Å². The lowest BCUT2D eigenvalue weighted by atomic mass is 9.56. The normalized spacial score (nSPS) is 38.8. The number of benzene rings is 1. The fourth-order valence-corrected chi connectivity index (χ4v) is 6.84. The zero-order chi connectivity index (χ0) is 22.0. The highest BCUT2D eigenvalue weighted by Crippen LogP contribution is 2.63. The summed E-state index contributed by atoms with van der Waals surface area (Å²) in [7, 11) is 1.77. The number of nitriles is 1. The van der Waals surface area contributed by atoms with Gasteiger partial charge in [-0.2, -0.15) is 5.26 Å². The van der Waals surface area contributed by atoms with Crippen LogP contribution in [0.3, 0.4) is 0 Å². The molecule has 6 atom stereocenters. The summed E-state index contributed by atoms with van der Waals surface area (Å²) in [6.45, 7) is 5.57. The molecule has 0 bridgehead atoms. The monoisotopic (exact) mass is 422 g/mol. The van der Waals surface area contributed by atoms with E-state index in [1.54, 1.807) is 12.0 Å². The van der Waals surface area contributed by atoms with E-state index in [1.165, 1.54) is 0 Å². The van der Waals surface area contributed by atoms with Gasteiger partial charge in [0.25, 0.3) is 5.91 Å². The van der Waals surface area contributed by atoms with Gasteiger partial charge in [-0.05, 0) is 60.8 Å². The lowest BCUT2D eigenvalue weighted by molar-refractivity contribution is -0.145. The molecule has 1 aromatic carbocycles. The fraction of sp³-hybridized carbons (Fsp3) is 0.625. The number of amides is 1. The van der Waals surface area contributed by atoms with Crippen molar-refractivity contribution >= 4 is 11.9 Å². The van der Waals surface area contributed by atoms with Gasteiger partial charge in [-0.1, -0.05) is 19.9 Å². The van der Waals surface area contributed by atoms with Gasteiger partial charge in [-0.3, -0.25) is 9.69 Å². The van der Waals surface area contributed by atoms with E-state index in [2.05, 4.69) is 19.9 Å². The highest BCUT2D eigenvalue weighted by atomic mass is 16.5. The summed E-state index contributed by atoms with van der Waals surface area (Å²) in [6.07, 6.45) is 3.49. The number of carbonyl (C=O) groups excluding carboxylic acids is 1. The van der Waals surface area contributed by atoms with Gasteiger partial charge in [-0.25, -0.2) is 4.99 Å². The van der Waals surface area contributed by atoms with Crippen molar-refractivity contribution in [3.8, 4) is 6.07 Å². The minimum absolute atomic E-state index is 0.0113. The Labute approximate surface area is 183 Å². The highest BCUT2D eigenvalue weighted by Gasteiger charge is 2.68. The average molecular weight is 423 g/mol. The molecule has 31 heavy (non-hydrogen) atoms. The Morgan fingerprint density at radius 2 is 2.06 bits per heavy atom. The smallest absolute Gasteiger partial charge is 0.262 e. The standard InChI is InChI=1S/C24H30N4O3/c1-14-9-23(10-15(2)20(14)30-3)11-17-5-4-16(12-25)8-19(17)24(23)21(29)28(22(26)27-24)13-18-6-7-31-18/h4-5,8,14-15,18,20H,6-7,9-11,13H2,1-3H3,(H2,26,27)/t14-,15+,18-,20?,23?,24-/m1/s1. The number of carbonyl (C=O) groups is 1. The molecule has 7 heteroatoms. The summed E-state index contributed by atoms with van der Waals surface area (Å²) in [5.41, 5.74) is 7.44. The first-order valence-corrected chi connectivity index (χ1v) is 11.2. The Morgan fingerprint density at radius 1 is 1.35 bits per heavy atom. The number of hydrogen-bond donors (Lipinski definition) is 1. The highest BCUT2D eigenvalue weighted by molar-refractivity contribution is 6.08. The summed E-state index contributed by atoms with van der Waals surface area (Å²) in [5.74, 6) is 0.765. The molecule has 2 heterocycles. The predicted octanol–water partition coefficient (Wildman–Crippen LogP) is 2.32. The van der Waals surface area contributed by atoms with Crippen LogP contribution in [0.4, 0.5) is 0 Å². The molecular weight excluding hydrogens is 392 g/mol. The lowest BCUT2D eigenvalue weighted by Crippen LogP contribution is -2.56. The maximum atomic E-state index is 14.2. The van der Waals surface area contributed by atoms with Gasteiger partial charge in [0.05, 0.1) is 30.4 Å². The second-order valence-electron chi connectivity index (χ2n) is 9.88. The Bertz CT molecular complexity index is 983. The van der Waals surface area contributed by atoms with E-state index in [1.807, 2.05) is 18.2 Å². The minimum atomic E-state index is -1.08. The lowest BCUT2D eigenvalue weighted by Gasteiger charge is -2.50. The molecule has 5 rings (SSSR count). The molecule has 1 saturated carbocycles. The number of nitrogens with two attached hydrogens (primary N) is 1. The quantitative estimate of drug-likeness (QED) is 0.806. The van der Waals surface area contributed by atoms with Crippen molar-refractivity contribution < 1.29 is 14.3 Å². The number of aliphatic imine (C=N–C) groups is 1. The SMILES string of the molecule is COC1[C@H](C)CC2(Cc3ccc(C#N)cc3[C@]23N=C(N)N(C[C@H]2CCO2)C3=O)C[C@@H]1C. The van der Waals surface area contributed by atoms with Crippen molar-refractivity contribution in [3.05, 3.63) is 34.9 Å². The molecule has 1 amide bonds. The third-order valence-corrected chi connectivity index (χ3v) is 8.04. The van der Waals surface area contributed by atoms with Crippen molar-refractivity contribution in [2.45, 2.75) is 57.3 Å². The molecule has 4 aliphatic rings. The number of hydrogen-bond acceptors (Lipinski definition) is 6. The van der Waals surface area contributed by atoms with Crippen LogP contribution in [0, 0.1) is 28.6 Å². The first-order valence-electron chi connectivity index (χ1n) is 11.2. The summed E-state index contributed by atoms with van der Waals surface area (Å²) >= 11 is 0. The Balaban J connectivity index is 1.65. The molecular formula is C24H30N4O3. The summed E-state index contributed by atoms with van der Waals surface area (Å²) < 4.78 is 11.4. The van der Waals surface area contributed by atoms with Crippen LogP contribution in [0.1, 0.15) is 49.8 Å². The van der Waals surface area contributed by atoms with E-state index in [9.17, 15) is 10.1 Å². The van der Waals surface area contributed by atoms with Crippen LogP contribution in [-0.4, -0.2) is 49.2 Å². The largest absolute Gasteiger partial charge is 0.381 e. The molecule has 0 radical (unpaired) electrons. The third kappa shape index (κ3) is 2.71. The topological polar surface area (TPSA) is 101 Å². The van der Waals surface area contributed by atoms with Crippen LogP contribution < -0.4 is 5.73 Å². The second-order valence-corrected chi connectivity index (χ2v) is 9.88. The first-order chi connectivity index (χ1) is 14.8. The van der Waals surface area contributed by atoms with Crippen LogP contribution in [0.25, 0.3) is 0 Å². The van der Waals surface area contributed by atoms with Crippen molar-refractivity contribution in [1.82, 2.24) is 4.90 Å². The Hall–Kier alpha value is -2.43. The van der Waals surface area contributed by atoms with E-state index in [0.29, 0.717) is 12.1 Å². The van der Waals surface area contributed by atoms with E-state index >= 15 is 0 Å². The van der Waals surface area contributed by atoms with Gasteiger partial charge in [-0.15, -0.1) is 0 Å². The molecule has 2 N–H and O–H groups in total. The molecule has 2 unspecified atom stereocenters. The van der Waals surface area contributed by atoms with Crippen molar-refractivity contribution in [2.75, 3.05) is 20.3 Å². The summed E-state index contributed by atoms with van der Waals surface area (Å²) in [4.78, 5) is 20.8. The molecule has 2 spiro atoms. The number of ether oxygens (including phenoxy) is 2. The van der Waals surface area contributed by atoms with Crippen LogP contribution in [0.2, 0.25) is 0 Å². The molecule has 0 aromatic heterocycles. The number of fused-ring (bicyclic) bond motifs is 3. The fourth-order valence-electron chi connectivity index (χ4n) is 6.84. The van der Waals surface area contributed by atoms with Crippen molar-refractivity contribution in [3.63, 3.8) is 0 Å². The zero-order valence-corrected chi connectivity index (χ0v) is 18.4. The van der Waals surface area contributed by atoms with E-state index in [4.69, 9.17) is 20.2 Å². The van der Waals surface area contributed by atoms with Gasteiger partial charge in [0.1, 0.15) is 0 Å². The van der Waals surface area contributed by atoms with Gasteiger partial charge in [0.15, 0.2) is 11.5 Å². The maximum Gasteiger partial charge on any atom is 0.262 e. The van der Waals surface area contributed by atoms with Crippen LogP contribution in [-0.2, 0) is 26.2 Å². The summed E-state index contributed by atoms with van der Waals surface area (Å²) in [6, 6.07) is 7.93. The first kappa shape index (κ1) is 20.5. The third-order valence-electron chi connectivity index (χ3n) is 8.04. The van der Waals surface area contributed by atoms with E-state index in [-0.39, 0.29) is 41.3 Å². The van der Waals surface area contributed by atoms with Crippen molar-refractivity contribution in [2.24, 2.45) is 28.0 Å². The van der Waals surface area contributed by atoms with Gasteiger partial charge in [0.2, 0.25) is 0 Å².